The van der Waals surface area contributed by atoms with Crippen LogP contribution in [0.1, 0.15) is 19.4 Å². The summed E-state index contributed by atoms with van der Waals surface area (Å²) >= 11 is 0. The van der Waals surface area contributed by atoms with E-state index in [0.29, 0.717) is 24.5 Å². The van der Waals surface area contributed by atoms with E-state index in [-0.39, 0.29) is 30.7 Å². The van der Waals surface area contributed by atoms with Crippen molar-refractivity contribution in [3.05, 3.63) is 70.8 Å². The van der Waals surface area contributed by atoms with E-state index in [1.54, 1.807) is 30.5 Å². The Bertz CT molecular complexity index is 1340. The topological polar surface area (TPSA) is 123 Å². The van der Waals surface area contributed by atoms with Crippen LogP contribution in [0.3, 0.4) is 0 Å². The Morgan fingerprint density at radius 2 is 2.00 bits per heavy atom. The number of ether oxygens (including phenoxy) is 1. The molecule has 2 saturated heterocycles. The Morgan fingerprint density at radius 1 is 1.22 bits per heavy atom. The van der Waals surface area contributed by atoms with Crippen molar-refractivity contribution in [1.82, 2.24) is 15.1 Å². The molecule has 192 valence electrons. The molecule has 1 N–H and O–H groups in total. The van der Waals surface area contributed by atoms with Crippen molar-refractivity contribution in [2.75, 3.05) is 36.0 Å². The highest BCUT2D eigenvalue weighted by atomic mass is 19.1. The van der Waals surface area contributed by atoms with Gasteiger partial charge in [0.1, 0.15) is 11.9 Å². The van der Waals surface area contributed by atoms with Gasteiger partial charge in [0.2, 0.25) is 5.91 Å². The number of nitrogens with one attached hydrogen (secondary N) is 1. The SMILES string of the molecule is CC(=O)NC[C@H]1CN(c2ccc(N3CC[C@H](n4cc(-c5ccc([N+](=O)[O-])cc5)cn4)C3)c(F)c2)C(=O)O1. The lowest BCUT2D eigenvalue weighted by molar-refractivity contribution is -0.384. The van der Waals surface area contributed by atoms with Crippen LogP contribution in [-0.4, -0.2) is 59.0 Å². The van der Waals surface area contributed by atoms with Crippen LogP contribution in [0.25, 0.3) is 11.1 Å². The van der Waals surface area contributed by atoms with Gasteiger partial charge in [-0.15, -0.1) is 0 Å². The molecule has 2 aromatic carbocycles. The first-order chi connectivity index (χ1) is 17.8. The van der Waals surface area contributed by atoms with Gasteiger partial charge in [-0.1, -0.05) is 0 Å². The van der Waals surface area contributed by atoms with Gasteiger partial charge >= 0.3 is 6.09 Å². The third-order valence-electron chi connectivity index (χ3n) is 6.59. The van der Waals surface area contributed by atoms with Crippen LogP contribution in [0.2, 0.25) is 0 Å². The zero-order valence-corrected chi connectivity index (χ0v) is 20.0. The molecule has 2 atom stereocenters. The van der Waals surface area contributed by atoms with Crippen molar-refractivity contribution in [3.63, 3.8) is 0 Å². The van der Waals surface area contributed by atoms with E-state index in [2.05, 4.69) is 10.4 Å². The number of non-ortho nitro benzene ring substituents is 1. The molecule has 0 aliphatic carbocycles. The Kier molecular flexibility index (Phi) is 6.47. The number of halogens is 1. The molecule has 0 bridgehead atoms. The summed E-state index contributed by atoms with van der Waals surface area (Å²) in [5.41, 5.74) is 2.54. The lowest BCUT2D eigenvalue weighted by Crippen LogP contribution is -2.33. The first kappa shape index (κ1) is 24.2. The number of hydrogen-bond acceptors (Lipinski definition) is 7. The number of amides is 2. The zero-order chi connectivity index (χ0) is 26.1. The van der Waals surface area contributed by atoms with E-state index in [1.165, 1.54) is 30.0 Å². The molecule has 3 heterocycles. The molecule has 2 aliphatic heterocycles. The summed E-state index contributed by atoms with van der Waals surface area (Å²) < 4.78 is 22.2. The summed E-state index contributed by atoms with van der Waals surface area (Å²) in [7, 11) is 0. The highest BCUT2D eigenvalue weighted by Gasteiger charge is 2.33. The fraction of sp³-hybridized carbons (Fsp3) is 0.320. The highest BCUT2D eigenvalue weighted by Crippen LogP contribution is 2.33. The number of nitro benzene ring substituents is 1. The summed E-state index contributed by atoms with van der Waals surface area (Å²) in [5, 5.41) is 18.0. The summed E-state index contributed by atoms with van der Waals surface area (Å²) in [4.78, 5) is 37.1. The molecule has 5 rings (SSSR count). The molecule has 0 saturated carbocycles. The van der Waals surface area contributed by atoms with Gasteiger partial charge in [0.15, 0.2) is 0 Å². The number of cyclic esters (lactones) is 1. The minimum atomic E-state index is -0.578. The van der Waals surface area contributed by atoms with Crippen LogP contribution in [0.5, 0.6) is 0 Å². The van der Waals surface area contributed by atoms with E-state index in [0.717, 1.165) is 17.5 Å². The van der Waals surface area contributed by atoms with E-state index in [9.17, 15) is 19.7 Å². The van der Waals surface area contributed by atoms with Gasteiger partial charge < -0.3 is 15.0 Å². The van der Waals surface area contributed by atoms with Crippen molar-refractivity contribution in [1.29, 1.82) is 0 Å². The molecular weight excluding hydrogens is 483 g/mol. The lowest BCUT2D eigenvalue weighted by atomic mass is 10.1. The molecule has 0 radical (unpaired) electrons. The van der Waals surface area contributed by atoms with Crippen LogP contribution in [0.4, 0.5) is 26.2 Å². The second-order valence-electron chi connectivity index (χ2n) is 9.09. The van der Waals surface area contributed by atoms with E-state index < -0.39 is 22.9 Å². The van der Waals surface area contributed by atoms with Crippen LogP contribution in [0.15, 0.2) is 54.9 Å². The summed E-state index contributed by atoms with van der Waals surface area (Å²) in [5.74, 6) is -0.658. The highest BCUT2D eigenvalue weighted by molar-refractivity contribution is 5.90. The maximum absolute atomic E-state index is 15.1. The van der Waals surface area contributed by atoms with Gasteiger partial charge in [0.05, 0.1) is 41.6 Å². The first-order valence-corrected chi connectivity index (χ1v) is 11.8. The second-order valence-corrected chi connectivity index (χ2v) is 9.09. The molecule has 37 heavy (non-hydrogen) atoms. The minimum absolute atomic E-state index is 0.0297. The maximum atomic E-state index is 15.1. The lowest BCUT2D eigenvalue weighted by Gasteiger charge is -2.21. The summed E-state index contributed by atoms with van der Waals surface area (Å²) in [6.07, 6.45) is 3.31. The summed E-state index contributed by atoms with van der Waals surface area (Å²) in [6, 6.07) is 11.0. The summed E-state index contributed by atoms with van der Waals surface area (Å²) in [6.45, 7) is 3.00. The Hall–Kier alpha value is -4.48. The van der Waals surface area contributed by atoms with Crippen molar-refractivity contribution in [3.8, 4) is 11.1 Å². The Balaban J connectivity index is 1.24. The van der Waals surface area contributed by atoms with Gasteiger partial charge in [0.25, 0.3) is 5.69 Å². The number of nitrogens with zero attached hydrogens (tertiary/aromatic N) is 5. The van der Waals surface area contributed by atoms with Gasteiger partial charge in [0, 0.05) is 43.9 Å². The monoisotopic (exact) mass is 508 g/mol. The number of carbonyl (C=O) groups is 2. The number of hydrogen-bond donors (Lipinski definition) is 1. The number of benzene rings is 2. The van der Waals surface area contributed by atoms with Gasteiger partial charge in [-0.05, 0) is 42.3 Å². The molecule has 1 aromatic heterocycles. The van der Waals surface area contributed by atoms with Crippen LogP contribution in [0, 0.1) is 15.9 Å². The van der Waals surface area contributed by atoms with Crippen molar-refractivity contribution in [2.24, 2.45) is 0 Å². The van der Waals surface area contributed by atoms with E-state index in [4.69, 9.17) is 4.74 Å². The Morgan fingerprint density at radius 3 is 2.70 bits per heavy atom. The second kappa shape index (κ2) is 9.88. The molecule has 12 heteroatoms. The maximum Gasteiger partial charge on any atom is 0.414 e. The fourth-order valence-corrected chi connectivity index (χ4v) is 4.66. The van der Waals surface area contributed by atoms with E-state index >= 15 is 4.39 Å². The van der Waals surface area contributed by atoms with Gasteiger partial charge in [-0.2, -0.15) is 5.10 Å². The number of aromatic nitrogens is 2. The predicted octanol–water partition coefficient (Wildman–Crippen LogP) is 3.51. The molecule has 0 spiro atoms. The van der Waals surface area contributed by atoms with Crippen LogP contribution < -0.4 is 15.1 Å². The third kappa shape index (κ3) is 5.08. The zero-order valence-electron chi connectivity index (χ0n) is 20.0. The Labute approximate surface area is 211 Å². The standard InChI is InChI=1S/C25H25FN6O5/c1-16(33)27-12-22-15-30(25(34)37-22)20-6-7-24(23(26)10-20)29-9-8-21(14-29)31-13-18(11-28-31)17-2-4-19(5-3-17)32(35)36/h2-7,10-11,13,21-22H,8-9,12,14-15H2,1H3,(H,27,33)/t21-,22-/m0/s1. The fourth-order valence-electron chi connectivity index (χ4n) is 4.66. The largest absolute Gasteiger partial charge is 0.442 e. The quantitative estimate of drug-likeness (QED) is 0.383. The number of rotatable bonds is 7. The molecule has 3 aromatic rings. The van der Waals surface area contributed by atoms with Crippen molar-refractivity contribution < 1.29 is 23.6 Å². The van der Waals surface area contributed by atoms with E-state index in [1.807, 2.05) is 15.8 Å². The molecule has 11 nitrogen and oxygen atoms in total. The van der Waals surface area contributed by atoms with Gasteiger partial charge in [-0.25, -0.2) is 9.18 Å². The smallest absolute Gasteiger partial charge is 0.414 e. The molecule has 2 fully saturated rings. The van der Waals surface area contributed by atoms with Crippen LogP contribution in [-0.2, 0) is 9.53 Å². The average Bonchev–Trinajstić information content (AvgIpc) is 3.62. The van der Waals surface area contributed by atoms with Gasteiger partial charge in [-0.3, -0.25) is 24.5 Å². The predicted molar refractivity (Wildman–Crippen MR) is 133 cm³/mol. The third-order valence-corrected chi connectivity index (χ3v) is 6.59. The number of nitro groups is 1. The molecule has 0 unspecified atom stereocenters. The number of anilines is 2. The first-order valence-electron chi connectivity index (χ1n) is 11.8. The van der Waals surface area contributed by atoms with Crippen LogP contribution >= 0.6 is 0 Å². The van der Waals surface area contributed by atoms with Crippen molar-refractivity contribution in [2.45, 2.75) is 25.5 Å². The normalized spacial score (nSPS) is 19.2. The molecular formula is C25H25FN6O5. The van der Waals surface area contributed by atoms with Crippen molar-refractivity contribution >= 4 is 29.1 Å². The number of carbonyl (C=O) groups excluding carboxylic acids is 2. The minimum Gasteiger partial charge on any atom is -0.442 e. The average molecular weight is 509 g/mol. The molecule has 2 aliphatic rings. The molecule has 2 amide bonds.